The number of halogens is 3. The molecule has 2 atom stereocenters. The normalized spacial score (nSPS) is 14.6. The van der Waals surface area contributed by atoms with Crippen LogP contribution in [0.25, 0.3) is 0 Å². The van der Waals surface area contributed by atoms with Crippen molar-refractivity contribution in [3.8, 4) is 0 Å². The fraction of sp³-hybridized carbons (Fsp3) is 0.733. The van der Waals surface area contributed by atoms with Crippen LogP contribution in [0.15, 0.2) is 12.2 Å². The second-order valence-electron chi connectivity index (χ2n) is 6.73. The molecule has 0 saturated carbocycles. The van der Waals surface area contributed by atoms with Crippen LogP contribution in [0.5, 0.6) is 0 Å². The van der Waals surface area contributed by atoms with Crippen molar-refractivity contribution >= 4 is 20.0 Å². The Kier molecular flexibility index (Phi) is 9.37. The van der Waals surface area contributed by atoms with Crippen molar-refractivity contribution in [1.29, 1.82) is 0 Å². The van der Waals surface area contributed by atoms with Crippen LogP contribution < -0.4 is 0 Å². The number of rotatable bonds is 11. The number of alkyl halides is 3. The van der Waals surface area contributed by atoms with Crippen LogP contribution >= 0.6 is 0 Å². The lowest BCUT2D eigenvalue weighted by Crippen LogP contribution is -2.39. The maximum atomic E-state index is 12.9. The highest BCUT2D eigenvalue weighted by Crippen LogP contribution is 2.21. The second kappa shape index (κ2) is 9.93. The van der Waals surface area contributed by atoms with Gasteiger partial charge in [-0.15, -0.1) is 0 Å². The third-order valence-electron chi connectivity index (χ3n) is 2.65. The molecule has 146 valence electrons. The first-order valence-corrected chi connectivity index (χ1v) is 11.3. The molecule has 0 rings (SSSR count). The van der Waals surface area contributed by atoms with E-state index in [1.165, 1.54) is 0 Å². The SMILES string of the molecule is C=C(CCC(=O)OC[Si](C)(C)C)C(=O)OC(OC(F)(F)CF)C(C)O. The quantitative estimate of drug-likeness (QED) is 0.254. The first kappa shape index (κ1) is 23.6. The molecule has 0 spiro atoms. The van der Waals surface area contributed by atoms with Crippen LogP contribution in [0.3, 0.4) is 0 Å². The van der Waals surface area contributed by atoms with Crippen LogP contribution in [-0.2, 0) is 23.8 Å². The number of carbonyl (C=O) groups excluding carboxylic acids is 2. The Hall–Kier alpha value is -1.39. The summed E-state index contributed by atoms with van der Waals surface area (Å²) in [6, 6.07) is 0. The van der Waals surface area contributed by atoms with Gasteiger partial charge >= 0.3 is 18.0 Å². The number of aliphatic hydroxyl groups is 1. The Morgan fingerprint density at radius 3 is 2.24 bits per heavy atom. The van der Waals surface area contributed by atoms with Crippen molar-refractivity contribution in [2.75, 3.05) is 12.9 Å². The zero-order valence-corrected chi connectivity index (χ0v) is 15.8. The van der Waals surface area contributed by atoms with Gasteiger partial charge in [0.2, 0.25) is 6.29 Å². The van der Waals surface area contributed by atoms with E-state index in [2.05, 4.69) is 16.1 Å². The van der Waals surface area contributed by atoms with E-state index >= 15 is 0 Å². The van der Waals surface area contributed by atoms with Crippen molar-refractivity contribution in [2.24, 2.45) is 0 Å². The molecule has 0 saturated heterocycles. The summed E-state index contributed by atoms with van der Waals surface area (Å²) in [5.41, 5.74) is -0.192. The average Bonchev–Trinajstić information content (AvgIpc) is 2.48. The Morgan fingerprint density at radius 2 is 1.80 bits per heavy atom. The molecule has 0 amide bonds. The van der Waals surface area contributed by atoms with Gasteiger partial charge in [-0.3, -0.25) is 9.53 Å². The highest BCUT2D eigenvalue weighted by Gasteiger charge is 2.37. The standard InChI is InChI=1S/C15H25F3O6Si/c1-10(6-7-12(20)22-9-25(3,4)5)13(21)23-14(11(2)19)24-15(17,18)8-16/h11,14,19H,1,6-9H2,2-5H3. The van der Waals surface area contributed by atoms with Gasteiger partial charge in [0.1, 0.15) is 6.10 Å². The van der Waals surface area contributed by atoms with Crippen molar-refractivity contribution in [1.82, 2.24) is 0 Å². The molecule has 0 aromatic rings. The van der Waals surface area contributed by atoms with Crippen LogP contribution in [0.4, 0.5) is 13.2 Å². The fourth-order valence-corrected chi connectivity index (χ4v) is 1.93. The lowest BCUT2D eigenvalue weighted by atomic mass is 10.2. The minimum atomic E-state index is -4.20. The molecule has 0 fully saturated rings. The van der Waals surface area contributed by atoms with E-state index < -0.39 is 45.2 Å². The number of esters is 2. The molecule has 1 N–H and O–H groups in total. The first-order chi connectivity index (χ1) is 11.3. The minimum absolute atomic E-state index is 0.116. The molecule has 10 heteroatoms. The van der Waals surface area contributed by atoms with Gasteiger partial charge in [-0.25, -0.2) is 9.18 Å². The Bertz CT molecular complexity index is 476. The second-order valence-corrected chi connectivity index (χ2v) is 12.1. The molecular weight excluding hydrogens is 361 g/mol. The van der Waals surface area contributed by atoms with Gasteiger partial charge in [0.25, 0.3) is 0 Å². The smallest absolute Gasteiger partial charge is 0.387 e. The number of aliphatic hydroxyl groups excluding tert-OH is 1. The van der Waals surface area contributed by atoms with E-state index in [0.717, 1.165) is 6.92 Å². The van der Waals surface area contributed by atoms with E-state index in [9.17, 15) is 27.9 Å². The third kappa shape index (κ3) is 11.0. The predicted octanol–water partition coefficient (Wildman–Crippen LogP) is 2.57. The van der Waals surface area contributed by atoms with Crippen LogP contribution in [-0.4, -0.2) is 56.5 Å². The minimum Gasteiger partial charge on any atom is -0.469 e. The van der Waals surface area contributed by atoms with Crippen molar-refractivity contribution in [3.63, 3.8) is 0 Å². The molecule has 0 aliphatic heterocycles. The highest BCUT2D eigenvalue weighted by molar-refractivity contribution is 6.76. The van der Waals surface area contributed by atoms with Gasteiger partial charge in [0, 0.05) is 12.0 Å². The molecule has 0 bridgehead atoms. The lowest BCUT2D eigenvalue weighted by Gasteiger charge is -2.24. The largest absolute Gasteiger partial charge is 0.469 e. The summed E-state index contributed by atoms with van der Waals surface area (Å²) in [6.45, 7) is 8.32. The molecule has 2 unspecified atom stereocenters. The monoisotopic (exact) mass is 386 g/mol. The van der Waals surface area contributed by atoms with Gasteiger partial charge < -0.3 is 14.6 Å². The number of ether oxygens (including phenoxy) is 3. The number of carbonyl (C=O) groups is 2. The molecule has 0 aromatic carbocycles. The van der Waals surface area contributed by atoms with Crippen LogP contribution in [0.2, 0.25) is 19.6 Å². The van der Waals surface area contributed by atoms with Crippen LogP contribution in [0.1, 0.15) is 19.8 Å². The third-order valence-corrected chi connectivity index (χ3v) is 3.66. The summed E-state index contributed by atoms with van der Waals surface area (Å²) in [6.07, 6.45) is -7.83. The molecule has 25 heavy (non-hydrogen) atoms. The molecular formula is C15H25F3O6Si. The van der Waals surface area contributed by atoms with E-state index in [1.807, 2.05) is 19.6 Å². The number of hydrogen-bond acceptors (Lipinski definition) is 6. The van der Waals surface area contributed by atoms with Crippen molar-refractivity contribution < 1.29 is 42.1 Å². The summed E-state index contributed by atoms with van der Waals surface area (Å²) in [4.78, 5) is 23.3. The zero-order chi connectivity index (χ0) is 19.8. The van der Waals surface area contributed by atoms with Gasteiger partial charge in [0.15, 0.2) is 6.67 Å². The van der Waals surface area contributed by atoms with Gasteiger partial charge in [-0.1, -0.05) is 26.2 Å². The predicted molar refractivity (Wildman–Crippen MR) is 86.2 cm³/mol. The summed E-state index contributed by atoms with van der Waals surface area (Å²) >= 11 is 0. The summed E-state index contributed by atoms with van der Waals surface area (Å²) in [5.74, 6) is -1.66. The van der Waals surface area contributed by atoms with E-state index in [0.29, 0.717) is 6.23 Å². The Labute approximate surface area is 145 Å². The van der Waals surface area contributed by atoms with E-state index in [1.54, 1.807) is 0 Å². The number of hydrogen-bond donors (Lipinski definition) is 1. The molecule has 6 nitrogen and oxygen atoms in total. The van der Waals surface area contributed by atoms with Crippen LogP contribution in [0, 0.1) is 0 Å². The summed E-state index contributed by atoms with van der Waals surface area (Å²) in [5, 5.41) is 9.31. The van der Waals surface area contributed by atoms with Crippen molar-refractivity contribution in [2.45, 2.75) is 57.9 Å². The first-order valence-electron chi connectivity index (χ1n) is 7.61. The van der Waals surface area contributed by atoms with E-state index in [4.69, 9.17) is 4.74 Å². The maximum Gasteiger partial charge on any atom is 0.387 e. The zero-order valence-electron chi connectivity index (χ0n) is 14.8. The lowest BCUT2D eigenvalue weighted by molar-refractivity contribution is -0.327. The van der Waals surface area contributed by atoms with Gasteiger partial charge in [0.05, 0.1) is 14.3 Å². The average molecular weight is 386 g/mol. The molecule has 0 aromatic heterocycles. The molecule has 0 aliphatic carbocycles. The van der Waals surface area contributed by atoms with Gasteiger partial charge in [-0.05, 0) is 13.3 Å². The molecule has 0 aliphatic rings. The van der Waals surface area contributed by atoms with Gasteiger partial charge in [-0.2, -0.15) is 8.78 Å². The van der Waals surface area contributed by atoms with E-state index in [-0.39, 0.29) is 18.4 Å². The summed E-state index contributed by atoms with van der Waals surface area (Å²) < 4.78 is 51.4. The molecule has 0 heterocycles. The topological polar surface area (TPSA) is 82.1 Å². The maximum absolute atomic E-state index is 12.9. The fourth-order valence-electron chi connectivity index (χ4n) is 1.34. The van der Waals surface area contributed by atoms with Crippen molar-refractivity contribution in [3.05, 3.63) is 12.2 Å². The molecule has 0 radical (unpaired) electrons. The summed E-state index contributed by atoms with van der Waals surface area (Å²) in [7, 11) is -1.56. The highest BCUT2D eigenvalue weighted by atomic mass is 28.3. The Morgan fingerprint density at radius 1 is 1.24 bits per heavy atom. The Balaban J connectivity index is 4.48.